The molecule has 0 aliphatic carbocycles. The van der Waals surface area contributed by atoms with Crippen LogP contribution in [0, 0.1) is 24.0 Å². The SMILES string of the molecule is Cc1ccc(CNc2ccc([N+](=O)[O-])cc2C)o1. The number of hydrogen-bond donors (Lipinski definition) is 1. The highest BCUT2D eigenvalue weighted by molar-refractivity contribution is 5.55. The smallest absolute Gasteiger partial charge is 0.269 e. The summed E-state index contributed by atoms with van der Waals surface area (Å²) < 4.78 is 5.44. The lowest BCUT2D eigenvalue weighted by Gasteiger charge is -2.07. The summed E-state index contributed by atoms with van der Waals surface area (Å²) in [5, 5.41) is 13.8. The lowest BCUT2D eigenvalue weighted by atomic mass is 10.2. The maximum atomic E-state index is 10.6. The van der Waals surface area contributed by atoms with E-state index >= 15 is 0 Å². The van der Waals surface area contributed by atoms with Gasteiger partial charge in [-0.25, -0.2) is 0 Å². The van der Waals surface area contributed by atoms with Gasteiger partial charge >= 0.3 is 0 Å². The molecule has 0 aliphatic heterocycles. The Morgan fingerprint density at radius 3 is 2.61 bits per heavy atom. The Balaban J connectivity index is 2.08. The topological polar surface area (TPSA) is 68.3 Å². The van der Waals surface area contributed by atoms with Gasteiger partial charge in [0.25, 0.3) is 5.69 Å². The first kappa shape index (κ1) is 12.2. The molecule has 5 heteroatoms. The summed E-state index contributed by atoms with van der Waals surface area (Å²) in [5.41, 5.74) is 1.81. The zero-order valence-electron chi connectivity index (χ0n) is 10.3. The lowest BCUT2D eigenvalue weighted by molar-refractivity contribution is -0.384. The van der Waals surface area contributed by atoms with Gasteiger partial charge in [-0.1, -0.05) is 0 Å². The molecular weight excluding hydrogens is 232 g/mol. The first-order chi connectivity index (χ1) is 8.56. The van der Waals surface area contributed by atoms with Crippen LogP contribution in [0.3, 0.4) is 0 Å². The van der Waals surface area contributed by atoms with Crippen molar-refractivity contribution in [2.75, 3.05) is 5.32 Å². The fourth-order valence-electron chi connectivity index (χ4n) is 1.72. The number of rotatable bonds is 4. The third-order valence-electron chi connectivity index (χ3n) is 2.67. The summed E-state index contributed by atoms with van der Waals surface area (Å²) in [5.74, 6) is 1.71. The number of non-ortho nitro benzene ring substituents is 1. The molecule has 0 spiro atoms. The van der Waals surface area contributed by atoms with Crippen molar-refractivity contribution in [3.63, 3.8) is 0 Å². The summed E-state index contributed by atoms with van der Waals surface area (Å²) in [4.78, 5) is 10.2. The third kappa shape index (κ3) is 2.68. The van der Waals surface area contributed by atoms with E-state index in [1.165, 1.54) is 6.07 Å². The van der Waals surface area contributed by atoms with E-state index < -0.39 is 4.92 Å². The normalized spacial score (nSPS) is 10.3. The van der Waals surface area contributed by atoms with Gasteiger partial charge in [0.15, 0.2) is 0 Å². The van der Waals surface area contributed by atoms with Gasteiger partial charge in [-0.2, -0.15) is 0 Å². The Labute approximate surface area is 105 Å². The summed E-state index contributed by atoms with van der Waals surface area (Å²) >= 11 is 0. The molecular formula is C13H14N2O3. The highest BCUT2D eigenvalue weighted by atomic mass is 16.6. The molecule has 2 aromatic rings. The minimum atomic E-state index is -0.396. The molecule has 94 valence electrons. The van der Waals surface area contributed by atoms with Crippen molar-refractivity contribution in [3.8, 4) is 0 Å². The van der Waals surface area contributed by atoms with Crippen LogP contribution in [-0.4, -0.2) is 4.92 Å². The van der Waals surface area contributed by atoms with Gasteiger partial charge in [0, 0.05) is 17.8 Å². The predicted octanol–water partition coefficient (Wildman–Crippen LogP) is 3.42. The van der Waals surface area contributed by atoms with E-state index in [9.17, 15) is 10.1 Å². The summed E-state index contributed by atoms with van der Waals surface area (Å²) in [6.45, 7) is 4.29. The Morgan fingerprint density at radius 1 is 1.28 bits per heavy atom. The molecule has 18 heavy (non-hydrogen) atoms. The van der Waals surface area contributed by atoms with Gasteiger partial charge in [-0.3, -0.25) is 10.1 Å². The Bertz CT molecular complexity index is 575. The Hall–Kier alpha value is -2.30. The van der Waals surface area contributed by atoms with E-state index in [2.05, 4.69) is 5.32 Å². The van der Waals surface area contributed by atoms with Crippen molar-refractivity contribution < 1.29 is 9.34 Å². The molecule has 0 radical (unpaired) electrons. The van der Waals surface area contributed by atoms with Gasteiger partial charge < -0.3 is 9.73 Å². The maximum Gasteiger partial charge on any atom is 0.269 e. The molecule has 1 aromatic heterocycles. The molecule has 0 unspecified atom stereocenters. The van der Waals surface area contributed by atoms with E-state index in [1.54, 1.807) is 12.1 Å². The van der Waals surface area contributed by atoms with Crippen LogP contribution < -0.4 is 5.32 Å². The van der Waals surface area contributed by atoms with Crippen molar-refractivity contribution in [2.45, 2.75) is 20.4 Å². The second kappa shape index (κ2) is 4.91. The standard InChI is InChI=1S/C13H14N2O3/c1-9-7-11(15(16)17)4-6-13(9)14-8-12-5-3-10(2)18-12/h3-7,14H,8H2,1-2H3. The number of nitrogens with one attached hydrogen (secondary N) is 1. The molecule has 0 amide bonds. The molecule has 1 aromatic carbocycles. The summed E-state index contributed by atoms with van der Waals surface area (Å²) in [6.07, 6.45) is 0. The highest BCUT2D eigenvalue weighted by Crippen LogP contribution is 2.21. The molecule has 0 atom stereocenters. The quantitative estimate of drug-likeness (QED) is 0.663. The van der Waals surface area contributed by atoms with E-state index in [0.717, 1.165) is 22.8 Å². The van der Waals surface area contributed by atoms with Crippen LogP contribution in [0.5, 0.6) is 0 Å². The summed E-state index contributed by atoms with van der Waals surface area (Å²) in [7, 11) is 0. The van der Waals surface area contributed by atoms with Crippen LogP contribution in [0.2, 0.25) is 0 Å². The summed E-state index contributed by atoms with van der Waals surface area (Å²) in [6, 6.07) is 8.56. The van der Waals surface area contributed by atoms with E-state index in [4.69, 9.17) is 4.42 Å². The van der Waals surface area contributed by atoms with Crippen molar-refractivity contribution in [1.29, 1.82) is 0 Å². The average Bonchev–Trinajstić information content (AvgIpc) is 2.73. The first-order valence-electron chi connectivity index (χ1n) is 5.60. The van der Waals surface area contributed by atoms with E-state index in [-0.39, 0.29) is 5.69 Å². The first-order valence-corrected chi connectivity index (χ1v) is 5.60. The number of benzene rings is 1. The van der Waals surface area contributed by atoms with Gasteiger partial charge in [0.1, 0.15) is 11.5 Å². The van der Waals surface area contributed by atoms with E-state index in [1.807, 2.05) is 26.0 Å². The minimum absolute atomic E-state index is 0.104. The average molecular weight is 246 g/mol. The van der Waals surface area contributed by atoms with Gasteiger partial charge in [-0.05, 0) is 37.6 Å². The minimum Gasteiger partial charge on any atom is -0.465 e. The largest absolute Gasteiger partial charge is 0.465 e. The van der Waals surface area contributed by atoms with Crippen LogP contribution in [0.1, 0.15) is 17.1 Å². The number of nitrogens with zero attached hydrogens (tertiary/aromatic N) is 1. The van der Waals surface area contributed by atoms with E-state index in [0.29, 0.717) is 6.54 Å². The molecule has 0 saturated carbocycles. The van der Waals surface area contributed by atoms with Crippen LogP contribution in [0.25, 0.3) is 0 Å². The predicted molar refractivity (Wildman–Crippen MR) is 68.6 cm³/mol. The number of aryl methyl sites for hydroxylation is 2. The number of nitro benzene ring substituents is 1. The van der Waals surface area contributed by atoms with Gasteiger partial charge in [0.05, 0.1) is 11.5 Å². The van der Waals surface area contributed by atoms with Crippen LogP contribution >= 0.6 is 0 Å². The second-order valence-corrected chi connectivity index (χ2v) is 4.12. The maximum absolute atomic E-state index is 10.6. The molecule has 0 aliphatic rings. The fraction of sp³-hybridized carbons (Fsp3) is 0.231. The number of anilines is 1. The third-order valence-corrected chi connectivity index (χ3v) is 2.67. The molecule has 0 fully saturated rings. The molecule has 1 heterocycles. The van der Waals surface area contributed by atoms with Crippen LogP contribution in [0.15, 0.2) is 34.7 Å². The van der Waals surface area contributed by atoms with Crippen molar-refractivity contribution in [2.24, 2.45) is 0 Å². The molecule has 0 saturated heterocycles. The molecule has 5 nitrogen and oxygen atoms in total. The molecule has 2 rings (SSSR count). The van der Waals surface area contributed by atoms with Gasteiger partial charge in [0.2, 0.25) is 0 Å². The molecule has 0 bridgehead atoms. The number of furan rings is 1. The monoisotopic (exact) mass is 246 g/mol. The zero-order chi connectivity index (χ0) is 13.1. The van der Waals surface area contributed by atoms with Gasteiger partial charge in [-0.15, -0.1) is 0 Å². The van der Waals surface area contributed by atoms with Crippen LogP contribution in [0.4, 0.5) is 11.4 Å². The van der Waals surface area contributed by atoms with Crippen LogP contribution in [-0.2, 0) is 6.54 Å². The number of nitro groups is 1. The van der Waals surface area contributed by atoms with Crippen molar-refractivity contribution in [1.82, 2.24) is 0 Å². The lowest BCUT2D eigenvalue weighted by Crippen LogP contribution is -2.00. The Morgan fingerprint density at radius 2 is 2.06 bits per heavy atom. The number of hydrogen-bond acceptors (Lipinski definition) is 4. The molecule has 1 N–H and O–H groups in total. The highest BCUT2D eigenvalue weighted by Gasteiger charge is 2.08. The zero-order valence-corrected chi connectivity index (χ0v) is 10.3. The Kier molecular flexibility index (Phi) is 3.32. The fourth-order valence-corrected chi connectivity index (χ4v) is 1.72. The van der Waals surface area contributed by atoms with Crippen molar-refractivity contribution >= 4 is 11.4 Å². The second-order valence-electron chi connectivity index (χ2n) is 4.12. The van der Waals surface area contributed by atoms with Crippen molar-refractivity contribution in [3.05, 3.63) is 57.5 Å².